The normalized spacial score (nSPS) is 13.3. The van der Waals surface area contributed by atoms with Crippen molar-refractivity contribution in [2.75, 3.05) is 0 Å². The third-order valence-electron chi connectivity index (χ3n) is 3.72. The van der Waals surface area contributed by atoms with Crippen LogP contribution < -0.4 is 0 Å². The topological polar surface area (TPSA) is 74.6 Å². The van der Waals surface area contributed by atoms with Gasteiger partial charge in [0.15, 0.2) is 0 Å². The standard InChI is InChI=1S/C18H18O4/c19-17(20)12-16(18(21)22)15(14-9-5-2-6-10-14)11-13-7-3-1-4-8-13/h1-10,15-16H,11-12H2,(H,19,20)(H,21,22). The van der Waals surface area contributed by atoms with Gasteiger partial charge in [-0.25, -0.2) is 0 Å². The van der Waals surface area contributed by atoms with Gasteiger partial charge in [0.05, 0.1) is 12.3 Å². The summed E-state index contributed by atoms with van der Waals surface area (Å²) in [6, 6.07) is 18.8. The van der Waals surface area contributed by atoms with Crippen molar-refractivity contribution in [3.63, 3.8) is 0 Å². The largest absolute Gasteiger partial charge is 0.481 e. The number of benzene rings is 2. The molecule has 2 aromatic carbocycles. The Morgan fingerprint density at radius 2 is 1.41 bits per heavy atom. The summed E-state index contributed by atoms with van der Waals surface area (Å²) in [6.07, 6.45) is 0.108. The molecule has 2 unspecified atom stereocenters. The summed E-state index contributed by atoms with van der Waals surface area (Å²) in [5, 5.41) is 18.5. The zero-order valence-corrected chi connectivity index (χ0v) is 12.1. The van der Waals surface area contributed by atoms with Crippen LogP contribution in [0.25, 0.3) is 0 Å². The number of carboxylic acids is 2. The van der Waals surface area contributed by atoms with E-state index in [-0.39, 0.29) is 12.3 Å². The summed E-state index contributed by atoms with van der Waals surface area (Å²) in [5.41, 5.74) is 1.84. The van der Waals surface area contributed by atoms with Crippen LogP contribution in [0.2, 0.25) is 0 Å². The molecular formula is C18H18O4. The second-order valence-electron chi connectivity index (χ2n) is 5.25. The van der Waals surface area contributed by atoms with Gasteiger partial charge in [0, 0.05) is 5.92 Å². The fraction of sp³-hybridized carbons (Fsp3) is 0.222. The molecule has 0 fully saturated rings. The molecule has 0 aliphatic carbocycles. The molecule has 0 saturated heterocycles. The van der Waals surface area contributed by atoms with E-state index in [1.165, 1.54) is 0 Å². The first-order valence-corrected chi connectivity index (χ1v) is 7.11. The van der Waals surface area contributed by atoms with Gasteiger partial charge in [-0.05, 0) is 17.5 Å². The molecule has 0 amide bonds. The molecule has 0 spiro atoms. The van der Waals surface area contributed by atoms with E-state index in [2.05, 4.69) is 0 Å². The second kappa shape index (κ2) is 7.41. The summed E-state index contributed by atoms with van der Waals surface area (Å²) in [6.45, 7) is 0. The molecule has 0 radical (unpaired) electrons. The highest BCUT2D eigenvalue weighted by atomic mass is 16.4. The van der Waals surface area contributed by atoms with E-state index in [9.17, 15) is 14.7 Å². The molecule has 0 saturated carbocycles. The number of aliphatic carboxylic acids is 2. The Balaban J connectivity index is 2.35. The van der Waals surface area contributed by atoms with E-state index >= 15 is 0 Å². The lowest BCUT2D eigenvalue weighted by Gasteiger charge is -2.23. The van der Waals surface area contributed by atoms with Crippen molar-refractivity contribution in [1.82, 2.24) is 0 Å². The van der Waals surface area contributed by atoms with E-state index in [4.69, 9.17) is 5.11 Å². The SMILES string of the molecule is O=C(O)CC(C(=O)O)C(Cc1ccccc1)c1ccccc1. The number of hydrogen-bond donors (Lipinski definition) is 2. The van der Waals surface area contributed by atoms with E-state index in [1.54, 1.807) is 0 Å². The number of rotatable bonds is 7. The molecule has 0 aliphatic rings. The molecule has 0 heterocycles. The zero-order chi connectivity index (χ0) is 15.9. The molecule has 4 heteroatoms. The van der Waals surface area contributed by atoms with Crippen LogP contribution in [0.5, 0.6) is 0 Å². The van der Waals surface area contributed by atoms with Gasteiger partial charge >= 0.3 is 11.9 Å². The molecule has 2 aromatic rings. The average molecular weight is 298 g/mol. The summed E-state index contributed by atoms with van der Waals surface area (Å²) < 4.78 is 0. The van der Waals surface area contributed by atoms with Crippen molar-refractivity contribution in [3.05, 3.63) is 71.8 Å². The van der Waals surface area contributed by atoms with Crippen molar-refractivity contribution in [1.29, 1.82) is 0 Å². The van der Waals surface area contributed by atoms with Gasteiger partial charge in [-0.2, -0.15) is 0 Å². The molecule has 0 aromatic heterocycles. The first-order chi connectivity index (χ1) is 10.6. The van der Waals surface area contributed by atoms with Crippen LogP contribution in [0.4, 0.5) is 0 Å². The maximum absolute atomic E-state index is 11.6. The van der Waals surface area contributed by atoms with Crippen molar-refractivity contribution >= 4 is 11.9 Å². The predicted molar refractivity (Wildman–Crippen MR) is 82.7 cm³/mol. The third kappa shape index (κ3) is 4.19. The predicted octanol–water partition coefficient (Wildman–Crippen LogP) is 3.19. The summed E-state index contributed by atoms with van der Waals surface area (Å²) in [4.78, 5) is 22.6. The smallest absolute Gasteiger partial charge is 0.307 e. The summed E-state index contributed by atoms with van der Waals surface area (Å²) >= 11 is 0. The van der Waals surface area contributed by atoms with Crippen LogP contribution in [-0.2, 0) is 16.0 Å². The molecule has 2 rings (SSSR count). The quantitative estimate of drug-likeness (QED) is 0.823. The Kier molecular flexibility index (Phi) is 5.31. The van der Waals surface area contributed by atoms with Crippen LogP contribution in [-0.4, -0.2) is 22.2 Å². The van der Waals surface area contributed by atoms with Crippen LogP contribution in [0.3, 0.4) is 0 Å². The Hall–Kier alpha value is -2.62. The first-order valence-electron chi connectivity index (χ1n) is 7.11. The van der Waals surface area contributed by atoms with Crippen molar-refractivity contribution in [2.24, 2.45) is 5.92 Å². The molecule has 4 nitrogen and oxygen atoms in total. The number of carboxylic acid groups (broad SMARTS) is 2. The van der Waals surface area contributed by atoms with Gasteiger partial charge < -0.3 is 10.2 Å². The third-order valence-corrected chi connectivity index (χ3v) is 3.72. The average Bonchev–Trinajstić information content (AvgIpc) is 2.52. The Morgan fingerprint density at radius 1 is 0.864 bits per heavy atom. The summed E-state index contributed by atoms with van der Waals surface area (Å²) in [5.74, 6) is -3.51. The first kappa shape index (κ1) is 15.8. The minimum atomic E-state index is -1.10. The lowest BCUT2D eigenvalue weighted by Crippen LogP contribution is -2.26. The minimum absolute atomic E-state index is 0.378. The molecule has 114 valence electrons. The van der Waals surface area contributed by atoms with Crippen molar-refractivity contribution in [3.8, 4) is 0 Å². The fourth-order valence-corrected chi connectivity index (χ4v) is 2.65. The van der Waals surface area contributed by atoms with Crippen LogP contribution in [0.15, 0.2) is 60.7 Å². The van der Waals surface area contributed by atoms with Gasteiger partial charge in [0.1, 0.15) is 0 Å². The lowest BCUT2D eigenvalue weighted by atomic mass is 9.80. The van der Waals surface area contributed by atoms with Gasteiger partial charge in [-0.3, -0.25) is 9.59 Å². The number of hydrogen-bond acceptors (Lipinski definition) is 2. The Bertz CT molecular complexity index is 622. The summed E-state index contributed by atoms with van der Waals surface area (Å²) in [7, 11) is 0. The van der Waals surface area contributed by atoms with Gasteiger partial charge in [-0.1, -0.05) is 60.7 Å². The van der Waals surface area contributed by atoms with Crippen LogP contribution in [0.1, 0.15) is 23.5 Å². The maximum atomic E-state index is 11.6. The van der Waals surface area contributed by atoms with E-state index in [1.807, 2.05) is 60.7 Å². The fourth-order valence-electron chi connectivity index (χ4n) is 2.65. The van der Waals surface area contributed by atoms with Crippen molar-refractivity contribution < 1.29 is 19.8 Å². The van der Waals surface area contributed by atoms with E-state index < -0.39 is 17.9 Å². The highest BCUT2D eigenvalue weighted by Crippen LogP contribution is 2.31. The zero-order valence-electron chi connectivity index (χ0n) is 12.1. The molecule has 2 N–H and O–H groups in total. The Morgan fingerprint density at radius 3 is 1.91 bits per heavy atom. The molecular weight excluding hydrogens is 280 g/mol. The second-order valence-corrected chi connectivity index (χ2v) is 5.25. The molecule has 22 heavy (non-hydrogen) atoms. The van der Waals surface area contributed by atoms with Crippen LogP contribution >= 0.6 is 0 Å². The highest BCUT2D eigenvalue weighted by molar-refractivity contribution is 5.78. The van der Waals surface area contributed by atoms with Crippen molar-refractivity contribution in [2.45, 2.75) is 18.8 Å². The van der Waals surface area contributed by atoms with E-state index in [0.717, 1.165) is 11.1 Å². The van der Waals surface area contributed by atoms with Gasteiger partial charge in [-0.15, -0.1) is 0 Å². The number of carbonyl (C=O) groups is 2. The van der Waals surface area contributed by atoms with Gasteiger partial charge in [0.2, 0.25) is 0 Å². The maximum Gasteiger partial charge on any atom is 0.307 e. The van der Waals surface area contributed by atoms with Gasteiger partial charge in [0.25, 0.3) is 0 Å². The van der Waals surface area contributed by atoms with Crippen LogP contribution in [0, 0.1) is 5.92 Å². The lowest BCUT2D eigenvalue weighted by molar-refractivity contribution is -0.149. The highest BCUT2D eigenvalue weighted by Gasteiger charge is 2.31. The monoisotopic (exact) mass is 298 g/mol. The van der Waals surface area contributed by atoms with E-state index in [0.29, 0.717) is 6.42 Å². The Labute approximate surface area is 129 Å². The molecule has 2 atom stereocenters. The molecule has 0 aliphatic heterocycles. The minimum Gasteiger partial charge on any atom is -0.481 e. The molecule has 0 bridgehead atoms.